The standard InChI is InChI=1S/C17H27NO3/c1-2-10-19-15-7-6-14(8-9-18)17(12-15)21-13-16-5-3-4-11-20-16/h6-7,12,16H,2-5,8-11,13,18H2,1H3. The van der Waals surface area contributed by atoms with E-state index in [9.17, 15) is 0 Å². The first-order chi connectivity index (χ1) is 10.3. The summed E-state index contributed by atoms with van der Waals surface area (Å²) in [6.07, 6.45) is 5.49. The number of nitrogens with two attached hydrogens (primary N) is 1. The first-order valence-electron chi connectivity index (χ1n) is 8.03. The summed E-state index contributed by atoms with van der Waals surface area (Å²) in [6, 6.07) is 6.02. The molecule has 0 amide bonds. The molecule has 2 rings (SSSR count). The monoisotopic (exact) mass is 293 g/mol. The molecule has 0 spiro atoms. The third kappa shape index (κ3) is 5.21. The van der Waals surface area contributed by atoms with Crippen molar-refractivity contribution in [2.24, 2.45) is 5.73 Å². The maximum absolute atomic E-state index is 5.99. The van der Waals surface area contributed by atoms with Crippen LogP contribution in [0.3, 0.4) is 0 Å². The molecular weight excluding hydrogens is 266 g/mol. The zero-order valence-corrected chi connectivity index (χ0v) is 13.0. The van der Waals surface area contributed by atoms with Gasteiger partial charge in [-0.3, -0.25) is 0 Å². The van der Waals surface area contributed by atoms with Gasteiger partial charge in [0.25, 0.3) is 0 Å². The molecule has 1 aliphatic heterocycles. The highest BCUT2D eigenvalue weighted by atomic mass is 16.5. The molecule has 4 nitrogen and oxygen atoms in total. The average Bonchev–Trinajstić information content (AvgIpc) is 2.53. The fourth-order valence-electron chi connectivity index (χ4n) is 2.46. The second-order valence-corrected chi connectivity index (χ2v) is 5.46. The van der Waals surface area contributed by atoms with Crippen molar-refractivity contribution in [3.8, 4) is 11.5 Å². The van der Waals surface area contributed by atoms with Gasteiger partial charge in [-0.2, -0.15) is 0 Å². The Morgan fingerprint density at radius 1 is 1.29 bits per heavy atom. The molecule has 1 aromatic carbocycles. The van der Waals surface area contributed by atoms with Gasteiger partial charge < -0.3 is 19.9 Å². The predicted molar refractivity (Wildman–Crippen MR) is 84.1 cm³/mol. The summed E-state index contributed by atoms with van der Waals surface area (Å²) in [5.74, 6) is 1.74. The Kier molecular flexibility index (Phi) is 6.83. The van der Waals surface area contributed by atoms with Gasteiger partial charge in [-0.15, -0.1) is 0 Å². The molecule has 1 unspecified atom stereocenters. The topological polar surface area (TPSA) is 53.7 Å². The zero-order chi connectivity index (χ0) is 14.9. The van der Waals surface area contributed by atoms with Gasteiger partial charge in [0.2, 0.25) is 0 Å². The van der Waals surface area contributed by atoms with Crippen LogP contribution in [0.25, 0.3) is 0 Å². The van der Waals surface area contributed by atoms with Crippen LogP contribution in [-0.4, -0.2) is 32.5 Å². The summed E-state index contributed by atoms with van der Waals surface area (Å²) in [6.45, 7) is 4.89. The molecule has 1 fully saturated rings. The van der Waals surface area contributed by atoms with E-state index in [1.807, 2.05) is 12.1 Å². The number of hydrogen-bond acceptors (Lipinski definition) is 4. The summed E-state index contributed by atoms with van der Waals surface area (Å²) in [5.41, 5.74) is 6.81. The average molecular weight is 293 g/mol. The highest BCUT2D eigenvalue weighted by molar-refractivity contribution is 5.41. The molecule has 1 saturated heterocycles. The molecule has 4 heteroatoms. The van der Waals surface area contributed by atoms with E-state index in [0.717, 1.165) is 56.0 Å². The molecule has 0 bridgehead atoms. The normalized spacial score (nSPS) is 18.5. The molecule has 0 radical (unpaired) electrons. The minimum atomic E-state index is 0.213. The van der Waals surface area contributed by atoms with Crippen LogP contribution >= 0.6 is 0 Å². The van der Waals surface area contributed by atoms with Crippen molar-refractivity contribution >= 4 is 0 Å². The van der Waals surface area contributed by atoms with E-state index in [0.29, 0.717) is 13.2 Å². The third-order valence-corrected chi connectivity index (χ3v) is 3.62. The summed E-state index contributed by atoms with van der Waals surface area (Å²) in [5, 5.41) is 0. The minimum absolute atomic E-state index is 0.213. The maximum atomic E-state index is 5.99. The largest absolute Gasteiger partial charge is 0.493 e. The second kappa shape index (κ2) is 8.90. The summed E-state index contributed by atoms with van der Waals surface area (Å²) >= 11 is 0. The van der Waals surface area contributed by atoms with Crippen molar-refractivity contribution in [1.82, 2.24) is 0 Å². The molecule has 1 atom stereocenters. The Balaban J connectivity index is 1.98. The molecular formula is C17H27NO3. The van der Waals surface area contributed by atoms with Gasteiger partial charge in [0, 0.05) is 12.7 Å². The molecule has 0 saturated carbocycles. The van der Waals surface area contributed by atoms with Crippen molar-refractivity contribution in [3.05, 3.63) is 23.8 Å². The number of hydrogen-bond donors (Lipinski definition) is 1. The fourth-order valence-corrected chi connectivity index (χ4v) is 2.46. The Morgan fingerprint density at radius 2 is 2.19 bits per heavy atom. The Morgan fingerprint density at radius 3 is 2.90 bits per heavy atom. The van der Waals surface area contributed by atoms with Crippen molar-refractivity contribution < 1.29 is 14.2 Å². The molecule has 0 aromatic heterocycles. The third-order valence-electron chi connectivity index (χ3n) is 3.62. The quantitative estimate of drug-likeness (QED) is 0.800. The first kappa shape index (κ1) is 16.1. The predicted octanol–water partition coefficient (Wildman–Crippen LogP) is 2.92. The lowest BCUT2D eigenvalue weighted by Crippen LogP contribution is -2.26. The van der Waals surface area contributed by atoms with E-state index in [4.69, 9.17) is 19.9 Å². The summed E-state index contributed by atoms with van der Waals surface area (Å²) in [7, 11) is 0. The van der Waals surface area contributed by atoms with E-state index in [1.54, 1.807) is 0 Å². The van der Waals surface area contributed by atoms with E-state index in [-0.39, 0.29) is 6.10 Å². The van der Waals surface area contributed by atoms with Gasteiger partial charge in [-0.1, -0.05) is 13.0 Å². The van der Waals surface area contributed by atoms with Gasteiger partial charge in [-0.25, -0.2) is 0 Å². The van der Waals surface area contributed by atoms with Crippen LogP contribution in [0.1, 0.15) is 38.2 Å². The Hall–Kier alpha value is -1.26. The van der Waals surface area contributed by atoms with Crippen molar-refractivity contribution in [3.63, 3.8) is 0 Å². The summed E-state index contributed by atoms with van der Waals surface area (Å²) in [4.78, 5) is 0. The smallest absolute Gasteiger partial charge is 0.126 e. The van der Waals surface area contributed by atoms with Crippen LogP contribution < -0.4 is 15.2 Å². The van der Waals surface area contributed by atoms with Gasteiger partial charge >= 0.3 is 0 Å². The van der Waals surface area contributed by atoms with Crippen molar-refractivity contribution in [1.29, 1.82) is 0 Å². The van der Waals surface area contributed by atoms with Crippen LogP contribution in [0.15, 0.2) is 18.2 Å². The van der Waals surface area contributed by atoms with Gasteiger partial charge in [0.1, 0.15) is 18.1 Å². The van der Waals surface area contributed by atoms with Crippen LogP contribution in [0, 0.1) is 0 Å². The van der Waals surface area contributed by atoms with Crippen molar-refractivity contribution in [2.75, 3.05) is 26.4 Å². The van der Waals surface area contributed by atoms with E-state index < -0.39 is 0 Å². The van der Waals surface area contributed by atoms with Crippen LogP contribution in [-0.2, 0) is 11.2 Å². The minimum Gasteiger partial charge on any atom is -0.493 e. The summed E-state index contributed by atoms with van der Waals surface area (Å²) < 4.78 is 17.4. The lowest BCUT2D eigenvalue weighted by Gasteiger charge is -2.23. The Bertz CT molecular complexity index is 416. The van der Waals surface area contributed by atoms with E-state index in [1.165, 1.54) is 6.42 Å². The fraction of sp³-hybridized carbons (Fsp3) is 0.647. The van der Waals surface area contributed by atoms with Gasteiger partial charge in [0.05, 0.1) is 12.7 Å². The van der Waals surface area contributed by atoms with E-state index >= 15 is 0 Å². The van der Waals surface area contributed by atoms with Crippen molar-refractivity contribution in [2.45, 2.75) is 45.1 Å². The number of rotatable bonds is 8. The Labute approximate surface area is 127 Å². The second-order valence-electron chi connectivity index (χ2n) is 5.46. The number of ether oxygens (including phenoxy) is 3. The lowest BCUT2D eigenvalue weighted by molar-refractivity contribution is -0.0112. The van der Waals surface area contributed by atoms with E-state index in [2.05, 4.69) is 13.0 Å². The molecule has 1 aromatic rings. The molecule has 1 heterocycles. The molecule has 21 heavy (non-hydrogen) atoms. The zero-order valence-electron chi connectivity index (χ0n) is 13.0. The molecule has 118 valence electrons. The van der Waals surface area contributed by atoms with Crippen LogP contribution in [0.2, 0.25) is 0 Å². The highest BCUT2D eigenvalue weighted by Gasteiger charge is 2.15. The lowest BCUT2D eigenvalue weighted by atomic mass is 10.1. The van der Waals surface area contributed by atoms with Gasteiger partial charge in [0.15, 0.2) is 0 Å². The molecule has 2 N–H and O–H groups in total. The van der Waals surface area contributed by atoms with Gasteiger partial charge in [-0.05, 0) is 50.3 Å². The van der Waals surface area contributed by atoms with Crippen LogP contribution in [0.4, 0.5) is 0 Å². The highest BCUT2D eigenvalue weighted by Crippen LogP contribution is 2.26. The SMILES string of the molecule is CCCOc1ccc(CCN)c(OCC2CCCCO2)c1. The molecule has 1 aliphatic rings. The first-order valence-corrected chi connectivity index (χ1v) is 8.03. The van der Waals surface area contributed by atoms with Crippen LogP contribution in [0.5, 0.6) is 11.5 Å². The molecule has 0 aliphatic carbocycles. The number of benzene rings is 1. The maximum Gasteiger partial charge on any atom is 0.126 e.